The smallest absolute Gasteiger partial charge is 0.255 e. The van der Waals surface area contributed by atoms with Crippen LogP contribution >= 0.6 is 0 Å². The maximum Gasteiger partial charge on any atom is 0.255 e. The Morgan fingerprint density at radius 3 is 1.21 bits per heavy atom. The summed E-state index contributed by atoms with van der Waals surface area (Å²) in [6.07, 6.45) is 9.45. The number of rotatable bonds is 20. The number of carbonyl (C=O) groups is 9. The van der Waals surface area contributed by atoms with Crippen molar-refractivity contribution < 1.29 is 104 Å². The van der Waals surface area contributed by atoms with Crippen molar-refractivity contribution in [1.29, 1.82) is 0 Å². The maximum atomic E-state index is 14.0. The highest BCUT2D eigenvalue weighted by molar-refractivity contribution is 6.27. The van der Waals surface area contributed by atoms with E-state index in [0.717, 1.165) is 73.5 Å². The van der Waals surface area contributed by atoms with Gasteiger partial charge in [0.1, 0.15) is 68.5 Å². The van der Waals surface area contributed by atoms with Crippen LogP contribution in [0.25, 0.3) is 28.4 Å². The molecule has 634 valence electrons. The SMILES string of the molecule is CCC(C)CNCc1ccc(O)c2c1C[C@H]1C[C@H]3[C@@H](N(C)C)C(=O)C(C(N)=O)=C(O)[C@@]3(O)C(=O)C1=C2O.CN(C)[C@H]1C(=O)C(C(N)=O)=C(O)[C@@]2(O)C(=O)C3=C(O)c4c(O)ccc(-c5ccc(CN6CCCC6)cc5)c4C[C@H]3C[C@@H]12.CN(C)[C@H]1C(=O)C(C(N)=O)=C(O)[C@@]2(O)C(=O)C3=C(O)c4c(O)ccc(CN(CC5CC5)CC5CC5)c4C[C@H]3C[C@@H]12. The summed E-state index contributed by atoms with van der Waals surface area (Å²) in [5.74, 6) is -17.5. The topological polar surface area (TPSA) is 503 Å². The second-order valence-electron chi connectivity index (χ2n) is 35.5. The number of likely N-dealkylation sites (tertiary alicyclic amines) is 1. The molecule has 6 fully saturated rings. The zero-order chi connectivity index (χ0) is 86.1. The Morgan fingerprint density at radius 1 is 0.496 bits per heavy atom. The molecule has 1 saturated heterocycles. The predicted molar refractivity (Wildman–Crippen MR) is 435 cm³/mol. The van der Waals surface area contributed by atoms with Gasteiger partial charge in [0.05, 0.1) is 34.8 Å². The second-order valence-corrected chi connectivity index (χ2v) is 35.5. The van der Waals surface area contributed by atoms with Crippen LogP contribution in [0.2, 0.25) is 0 Å². The Kier molecular flexibility index (Phi) is 22.8. The lowest BCUT2D eigenvalue weighted by Gasteiger charge is -2.50. The first kappa shape index (κ1) is 85.0. The lowest BCUT2D eigenvalue weighted by Crippen LogP contribution is -2.65. The third-order valence-electron chi connectivity index (χ3n) is 27.2. The van der Waals surface area contributed by atoms with Crippen LogP contribution in [-0.4, -0.2) is 248 Å². The third-order valence-corrected chi connectivity index (χ3v) is 27.2. The van der Waals surface area contributed by atoms with Crippen LogP contribution in [0.15, 0.2) is 111 Å². The number of benzene rings is 4. The number of primary amides is 3. The van der Waals surface area contributed by atoms with E-state index in [1.165, 1.54) is 77.0 Å². The number of phenolic OH excluding ortho intramolecular Hbond substituents is 3. The molecule has 1 aliphatic heterocycles. The first-order chi connectivity index (χ1) is 56.2. The average molecular weight is 1640 g/mol. The summed E-state index contributed by atoms with van der Waals surface area (Å²) in [6, 6.07) is 14.7. The highest BCUT2D eigenvalue weighted by Crippen LogP contribution is 2.58. The van der Waals surface area contributed by atoms with E-state index in [2.05, 4.69) is 41.1 Å². The predicted octanol–water partition coefficient (Wildman–Crippen LogP) is 4.91. The summed E-state index contributed by atoms with van der Waals surface area (Å²) in [5.41, 5.74) is 12.5. The summed E-state index contributed by atoms with van der Waals surface area (Å²) < 4.78 is 0. The quantitative estimate of drug-likeness (QED) is 0.0522. The van der Waals surface area contributed by atoms with Crippen molar-refractivity contribution in [3.05, 3.63) is 161 Å². The van der Waals surface area contributed by atoms with Crippen LogP contribution in [0.5, 0.6) is 17.2 Å². The molecule has 30 nitrogen and oxygen atoms in total. The minimum Gasteiger partial charge on any atom is -0.508 e. The molecule has 30 heteroatoms. The van der Waals surface area contributed by atoms with E-state index >= 15 is 0 Å². The largest absolute Gasteiger partial charge is 0.508 e. The minimum absolute atomic E-state index is 0.0512. The molecule has 11 aliphatic carbocycles. The van der Waals surface area contributed by atoms with Crippen LogP contribution in [0, 0.1) is 53.3 Å². The fourth-order valence-electron chi connectivity index (χ4n) is 20.8. The van der Waals surface area contributed by atoms with Crippen molar-refractivity contribution in [1.82, 2.24) is 29.8 Å². The van der Waals surface area contributed by atoms with Crippen LogP contribution in [0.4, 0.5) is 0 Å². The molecule has 1 unspecified atom stereocenters. The van der Waals surface area contributed by atoms with Gasteiger partial charge in [0.2, 0.25) is 17.3 Å². The molecule has 13 atom stereocenters. The first-order valence-electron chi connectivity index (χ1n) is 40.9. The normalized spacial score (nSPS) is 28.7. The van der Waals surface area contributed by atoms with Gasteiger partial charge in [-0.15, -0.1) is 0 Å². The van der Waals surface area contributed by atoms with Gasteiger partial charge in [-0.25, -0.2) is 0 Å². The first-order valence-corrected chi connectivity index (χ1v) is 40.9. The number of hydrogen-bond acceptors (Lipinski definition) is 27. The van der Waals surface area contributed by atoms with Crippen molar-refractivity contribution in [2.45, 2.75) is 152 Å². The van der Waals surface area contributed by atoms with E-state index in [1.54, 1.807) is 54.4 Å². The zero-order valence-electron chi connectivity index (χ0n) is 68.1. The third kappa shape index (κ3) is 14.3. The monoisotopic (exact) mass is 1640 g/mol. The number of carbonyl (C=O) groups excluding carboxylic acids is 9. The van der Waals surface area contributed by atoms with Crippen molar-refractivity contribution in [2.24, 2.45) is 70.5 Å². The van der Waals surface area contributed by atoms with Gasteiger partial charge in [0.25, 0.3) is 17.7 Å². The highest BCUT2D eigenvalue weighted by Gasteiger charge is 2.68. The molecule has 0 bridgehead atoms. The summed E-state index contributed by atoms with van der Waals surface area (Å²) in [4.78, 5) is 127. The number of aromatic hydroxyl groups is 3. The minimum atomic E-state index is -2.65. The number of nitrogens with zero attached hydrogens (tertiary/aromatic N) is 5. The molecule has 119 heavy (non-hydrogen) atoms. The van der Waals surface area contributed by atoms with Crippen LogP contribution in [0.1, 0.15) is 128 Å². The molecule has 0 radical (unpaired) electrons. The molecule has 16 rings (SSSR count). The molecule has 3 amide bonds. The number of ketones is 6. The Hall–Kier alpha value is -10.4. The van der Waals surface area contributed by atoms with Gasteiger partial charge >= 0.3 is 0 Å². The van der Waals surface area contributed by atoms with Crippen molar-refractivity contribution in [2.75, 3.05) is 75.0 Å². The molecule has 0 aromatic heterocycles. The molecule has 0 spiro atoms. The van der Waals surface area contributed by atoms with Crippen molar-refractivity contribution in [3.63, 3.8) is 0 Å². The molecule has 1 heterocycles. The number of amides is 3. The fourth-order valence-corrected chi connectivity index (χ4v) is 20.8. The van der Waals surface area contributed by atoms with Gasteiger partial charge in [-0.05, 0) is 237 Å². The summed E-state index contributed by atoms with van der Waals surface area (Å²) in [6.45, 7) is 11.3. The van der Waals surface area contributed by atoms with E-state index in [-0.39, 0.29) is 82.8 Å². The van der Waals surface area contributed by atoms with Gasteiger partial charge in [0.15, 0.2) is 34.2 Å². The van der Waals surface area contributed by atoms with Gasteiger partial charge in [-0.2, -0.15) is 0 Å². The Labute approximate surface area is 687 Å². The lowest BCUT2D eigenvalue weighted by molar-refractivity contribution is -0.155. The number of likely N-dealkylation sites (N-methyl/N-ethyl adjacent to an activating group) is 3. The van der Waals surface area contributed by atoms with E-state index < -0.39 is 174 Å². The van der Waals surface area contributed by atoms with Crippen LogP contribution < -0.4 is 22.5 Å². The zero-order valence-corrected chi connectivity index (χ0v) is 68.1. The average Bonchev–Trinajstić information content (AvgIpc) is 1.64. The molecule has 5 saturated carbocycles. The van der Waals surface area contributed by atoms with E-state index in [1.807, 2.05) is 18.2 Å². The molecular weight excluding hydrogens is 1530 g/mol. The molecule has 4 aromatic carbocycles. The van der Waals surface area contributed by atoms with Crippen LogP contribution in [0.3, 0.4) is 0 Å². The Balaban J connectivity index is 0.000000147. The number of aliphatic hydroxyl groups is 9. The van der Waals surface area contributed by atoms with Gasteiger partial charge in [0, 0.05) is 67.2 Å². The van der Waals surface area contributed by atoms with Gasteiger partial charge < -0.3 is 83.8 Å². The Bertz CT molecular complexity index is 5160. The number of nitrogens with two attached hydrogens (primary N) is 3. The molecule has 12 aliphatic rings. The van der Waals surface area contributed by atoms with E-state index in [0.29, 0.717) is 48.4 Å². The van der Waals surface area contributed by atoms with E-state index in [9.17, 15) is 104 Å². The van der Waals surface area contributed by atoms with E-state index in [4.69, 9.17) is 17.2 Å². The molecular formula is C89H107N9O21. The van der Waals surface area contributed by atoms with Crippen molar-refractivity contribution >= 4 is 69.7 Å². The second kappa shape index (κ2) is 32.0. The number of Topliss-reactive ketones (excluding diaryl/α,β-unsaturated/α-hetero) is 6. The summed E-state index contributed by atoms with van der Waals surface area (Å²) >= 11 is 0. The number of nitrogens with one attached hydrogen (secondary N) is 1. The van der Waals surface area contributed by atoms with Crippen LogP contribution in [-0.2, 0) is 82.0 Å². The van der Waals surface area contributed by atoms with Crippen molar-refractivity contribution in [3.8, 4) is 28.4 Å². The van der Waals surface area contributed by atoms with Gasteiger partial charge in [-0.3, -0.25) is 67.7 Å². The number of hydrogen-bond donors (Lipinski definition) is 16. The summed E-state index contributed by atoms with van der Waals surface area (Å²) in [5, 5.41) is 138. The fraction of sp³-hybridized carbons (Fsp3) is 0.494. The number of fused-ring (bicyclic) bond motifs is 9. The lowest BCUT2D eigenvalue weighted by atomic mass is 9.57. The standard InChI is InChI=1S/C32H35N3O7.C30H37N3O7.C27H35N3O7/c1-34(2)26-21-14-18-13-20-19(17-7-5-16(6-8-17)15-35-11-3-4-12-35)9-10-22(36)24(20)27(37)23(18)29(39)32(21,42)30(40)25(28(26)38)31(33)41;1-32(2)24-19-10-17-9-18-16(13-33(11-14-3-4-14)12-15-5-6-15)7-8-20(34)22(18)25(35)21(17)27(37)30(19,40)28(38)23(26(24)36)29(31)39;1-5-12(2)10-29-11-13-6-7-17(31)19-15(13)8-14-9-16-21(30(3)4)23(33)20(26(28)36)25(35)27(16,37)24(34)18(14)22(19)32/h5-10,18,21,26,36-37,40,42H,3-4,11-15H2,1-2H3,(H2,33,41);7-8,14-15,17,19,24,34-35,38,40H,3-6,9-13H2,1-2H3,(H2,31,39);6-7,12,14,16,21,29,31-32,35,37H,5,8-11H2,1-4H3,(H2,28,36)/t18-,21-,26+,32-;17-,19-,24+,30-;12?,14-,16-,21+,27-/m000/s1. The summed E-state index contributed by atoms with van der Waals surface area (Å²) in [7, 11) is 9.50. The molecule has 19 N–H and O–H groups in total. The number of phenols is 3. The number of aliphatic hydroxyl groups excluding tert-OH is 6. The molecule has 4 aromatic rings. The Morgan fingerprint density at radius 2 is 0.849 bits per heavy atom. The van der Waals surface area contributed by atoms with Gasteiger partial charge in [-0.1, -0.05) is 62.7 Å². The maximum absolute atomic E-state index is 14.0. The highest BCUT2D eigenvalue weighted by atomic mass is 16.4.